The average molecular weight is 361 g/mol. The van der Waals surface area contributed by atoms with Gasteiger partial charge < -0.3 is 4.90 Å². The van der Waals surface area contributed by atoms with Gasteiger partial charge in [-0.25, -0.2) is 14.3 Å². The van der Waals surface area contributed by atoms with Gasteiger partial charge in [0.05, 0.1) is 17.8 Å². The first kappa shape index (κ1) is 17.0. The minimum Gasteiger partial charge on any atom is -0.355 e. The van der Waals surface area contributed by atoms with E-state index in [2.05, 4.69) is 26.2 Å². The summed E-state index contributed by atoms with van der Waals surface area (Å²) in [6, 6.07) is 10.9. The number of nitrogens with zero attached hydrogens (tertiary/aromatic N) is 7. The first-order valence-electron chi connectivity index (χ1n) is 8.77. The van der Waals surface area contributed by atoms with Gasteiger partial charge in [0.2, 0.25) is 0 Å². The first-order valence-corrected chi connectivity index (χ1v) is 8.77. The smallest absolute Gasteiger partial charge is 0.266 e. The second-order valence-corrected chi connectivity index (χ2v) is 6.81. The van der Waals surface area contributed by atoms with Crippen molar-refractivity contribution in [3.63, 3.8) is 0 Å². The lowest BCUT2D eigenvalue weighted by molar-refractivity contribution is 0.332. The lowest BCUT2D eigenvalue weighted by Crippen LogP contribution is -2.50. The Bertz CT molecular complexity index is 1090. The van der Waals surface area contributed by atoms with Crippen LogP contribution in [0, 0.1) is 31.1 Å². The van der Waals surface area contributed by atoms with Crippen molar-refractivity contribution >= 4 is 5.82 Å². The zero-order valence-corrected chi connectivity index (χ0v) is 15.2. The summed E-state index contributed by atoms with van der Waals surface area (Å²) in [4.78, 5) is 18.6. The summed E-state index contributed by atoms with van der Waals surface area (Å²) in [5.74, 6) is 1.61. The standard InChI is InChI=1S/C19H19N7O/c1-13-8-14(2)26(22-13)17-5-6-18(27)25(23-17)12-15-10-24(11-15)19-16(9-20)4-3-7-21-19/h3-8,15H,10-12H2,1-2H3. The number of aromatic nitrogens is 5. The minimum absolute atomic E-state index is 0.130. The van der Waals surface area contributed by atoms with Crippen LogP contribution in [0.4, 0.5) is 5.82 Å². The third-order valence-electron chi connectivity index (χ3n) is 4.67. The molecule has 27 heavy (non-hydrogen) atoms. The van der Waals surface area contributed by atoms with E-state index >= 15 is 0 Å². The van der Waals surface area contributed by atoms with Gasteiger partial charge in [-0.2, -0.15) is 10.4 Å². The van der Waals surface area contributed by atoms with Gasteiger partial charge in [-0.1, -0.05) is 0 Å². The van der Waals surface area contributed by atoms with Crippen LogP contribution in [-0.4, -0.2) is 37.6 Å². The van der Waals surface area contributed by atoms with Gasteiger partial charge in [0, 0.05) is 37.0 Å². The molecule has 0 spiro atoms. The zero-order chi connectivity index (χ0) is 19.0. The number of hydrogen-bond donors (Lipinski definition) is 0. The fourth-order valence-corrected chi connectivity index (χ4v) is 3.38. The van der Waals surface area contributed by atoms with E-state index in [9.17, 15) is 10.1 Å². The molecule has 0 saturated carbocycles. The van der Waals surface area contributed by atoms with Crippen LogP contribution in [-0.2, 0) is 6.54 Å². The second kappa shape index (κ2) is 6.68. The number of pyridine rings is 1. The summed E-state index contributed by atoms with van der Waals surface area (Å²) in [6.07, 6.45) is 1.69. The van der Waals surface area contributed by atoms with Crippen LogP contribution in [0.15, 0.2) is 41.3 Å². The lowest BCUT2D eigenvalue weighted by Gasteiger charge is -2.40. The van der Waals surface area contributed by atoms with Crippen molar-refractivity contribution in [2.24, 2.45) is 5.92 Å². The van der Waals surface area contributed by atoms with E-state index in [0.717, 1.165) is 24.5 Å². The average Bonchev–Trinajstić information content (AvgIpc) is 2.97. The number of anilines is 1. The molecule has 8 nitrogen and oxygen atoms in total. The number of hydrogen-bond acceptors (Lipinski definition) is 6. The summed E-state index contributed by atoms with van der Waals surface area (Å²) in [6.45, 7) is 5.89. The molecule has 0 N–H and O–H groups in total. The van der Waals surface area contributed by atoms with E-state index in [1.165, 1.54) is 10.7 Å². The maximum Gasteiger partial charge on any atom is 0.266 e. The highest BCUT2D eigenvalue weighted by molar-refractivity contribution is 5.55. The Balaban J connectivity index is 1.50. The molecule has 1 aliphatic heterocycles. The maximum absolute atomic E-state index is 12.2. The Morgan fingerprint density at radius 3 is 2.74 bits per heavy atom. The van der Waals surface area contributed by atoms with Crippen molar-refractivity contribution in [3.8, 4) is 11.9 Å². The molecular formula is C19H19N7O. The predicted molar refractivity (Wildman–Crippen MR) is 99.7 cm³/mol. The van der Waals surface area contributed by atoms with Crippen LogP contribution in [0.2, 0.25) is 0 Å². The van der Waals surface area contributed by atoms with Crippen LogP contribution in [0.3, 0.4) is 0 Å². The molecule has 136 valence electrons. The number of nitriles is 1. The Morgan fingerprint density at radius 2 is 2.04 bits per heavy atom. The topological polar surface area (TPSA) is 92.6 Å². The van der Waals surface area contributed by atoms with Gasteiger partial charge in [0.25, 0.3) is 5.56 Å². The molecule has 8 heteroatoms. The molecule has 0 atom stereocenters. The van der Waals surface area contributed by atoms with E-state index in [1.807, 2.05) is 19.9 Å². The van der Waals surface area contributed by atoms with Gasteiger partial charge in [-0.05, 0) is 38.1 Å². The highest BCUT2D eigenvalue weighted by atomic mass is 16.1. The number of aryl methyl sites for hydroxylation is 2. The summed E-state index contributed by atoms with van der Waals surface area (Å²) < 4.78 is 3.24. The molecule has 0 unspecified atom stereocenters. The Morgan fingerprint density at radius 1 is 1.22 bits per heavy atom. The van der Waals surface area contributed by atoms with Gasteiger partial charge in [0.1, 0.15) is 11.9 Å². The quantitative estimate of drug-likeness (QED) is 0.698. The molecule has 1 aliphatic rings. The molecule has 4 heterocycles. The molecular weight excluding hydrogens is 342 g/mol. The summed E-state index contributed by atoms with van der Waals surface area (Å²) in [5, 5.41) is 18.1. The van der Waals surface area contributed by atoms with Gasteiger partial charge in [0.15, 0.2) is 5.82 Å². The van der Waals surface area contributed by atoms with E-state index in [1.54, 1.807) is 29.1 Å². The summed E-state index contributed by atoms with van der Waals surface area (Å²) in [7, 11) is 0. The van der Waals surface area contributed by atoms with Crippen molar-refractivity contribution in [3.05, 3.63) is 63.8 Å². The monoisotopic (exact) mass is 361 g/mol. The SMILES string of the molecule is Cc1cc(C)n(-c2ccc(=O)n(CC3CN(c4ncccc4C#N)C3)n2)n1. The van der Waals surface area contributed by atoms with Gasteiger partial charge in [-0.3, -0.25) is 4.79 Å². The van der Waals surface area contributed by atoms with Gasteiger partial charge in [-0.15, -0.1) is 5.10 Å². The van der Waals surface area contributed by atoms with Crippen molar-refractivity contribution in [1.29, 1.82) is 5.26 Å². The molecule has 1 fully saturated rings. The molecule has 0 radical (unpaired) electrons. The normalized spacial score (nSPS) is 14.0. The fourth-order valence-electron chi connectivity index (χ4n) is 3.38. The van der Waals surface area contributed by atoms with E-state index < -0.39 is 0 Å². The van der Waals surface area contributed by atoms with E-state index in [-0.39, 0.29) is 11.5 Å². The zero-order valence-electron chi connectivity index (χ0n) is 15.2. The highest BCUT2D eigenvalue weighted by Gasteiger charge is 2.30. The van der Waals surface area contributed by atoms with Crippen molar-refractivity contribution in [2.75, 3.05) is 18.0 Å². The van der Waals surface area contributed by atoms with Crippen LogP contribution in [0.25, 0.3) is 5.82 Å². The molecule has 0 amide bonds. The molecule has 0 bridgehead atoms. The molecule has 0 aliphatic carbocycles. The highest BCUT2D eigenvalue weighted by Crippen LogP contribution is 2.26. The van der Waals surface area contributed by atoms with Crippen LogP contribution in [0.5, 0.6) is 0 Å². The molecule has 1 saturated heterocycles. The molecule has 4 rings (SSSR count). The lowest BCUT2D eigenvalue weighted by atomic mass is 9.99. The minimum atomic E-state index is -0.130. The van der Waals surface area contributed by atoms with Gasteiger partial charge >= 0.3 is 0 Å². The van der Waals surface area contributed by atoms with Crippen molar-refractivity contribution in [2.45, 2.75) is 20.4 Å². The van der Waals surface area contributed by atoms with E-state index in [4.69, 9.17) is 0 Å². The number of rotatable bonds is 4. The van der Waals surface area contributed by atoms with Crippen molar-refractivity contribution in [1.82, 2.24) is 24.5 Å². The molecule has 0 aromatic carbocycles. The summed E-state index contributed by atoms with van der Waals surface area (Å²) >= 11 is 0. The Hall–Kier alpha value is -3.47. The Kier molecular flexibility index (Phi) is 4.20. The second-order valence-electron chi connectivity index (χ2n) is 6.81. The predicted octanol–water partition coefficient (Wildman–Crippen LogP) is 1.45. The Labute approximate surface area is 156 Å². The summed E-state index contributed by atoms with van der Waals surface area (Å²) in [5.41, 5.74) is 2.32. The first-order chi connectivity index (χ1) is 13.0. The van der Waals surface area contributed by atoms with Crippen molar-refractivity contribution < 1.29 is 0 Å². The van der Waals surface area contributed by atoms with E-state index in [0.29, 0.717) is 23.7 Å². The third-order valence-corrected chi connectivity index (χ3v) is 4.67. The molecule has 3 aromatic rings. The maximum atomic E-state index is 12.2. The molecule has 3 aromatic heterocycles. The largest absolute Gasteiger partial charge is 0.355 e. The fraction of sp³-hybridized carbons (Fsp3) is 0.316. The van der Waals surface area contributed by atoms with Crippen LogP contribution >= 0.6 is 0 Å². The van der Waals surface area contributed by atoms with Crippen LogP contribution in [0.1, 0.15) is 17.0 Å². The third kappa shape index (κ3) is 3.19. The van der Waals surface area contributed by atoms with Crippen LogP contribution < -0.4 is 10.5 Å².